The predicted octanol–water partition coefficient (Wildman–Crippen LogP) is 6.39. The molecule has 40 heavy (non-hydrogen) atoms. The van der Waals surface area contributed by atoms with Crippen LogP contribution in [0.4, 0.5) is 4.39 Å². The number of rotatable bonds is 7. The Bertz CT molecular complexity index is 1800. The molecule has 0 fully saturated rings. The largest absolute Gasteiger partial charge is 0.349 e. The second-order valence-corrected chi connectivity index (χ2v) is 11.6. The normalized spacial score (nSPS) is 12.2. The van der Waals surface area contributed by atoms with Crippen molar-refractivity contribution >= 4 is 46.1 Å². The van der Waals surface area contributed by atoms with Crippen LogP contribution in [0.5, 0.6) is 0 Å². The van der Waals surface area contributed by atoms with Crippen molar-refractivity contribution in [2.75, 3.05) is 14.1 Å². The smallest absolute Gasteiger partial charge is 0.304 e. The molecule has 0 aliphatic heterocycles. The quantitative estimate of drug-likeness (QED) is 0.229. The lowest BCUT2D eigenvalue weighted by atomic mass is 9.91. The molecule has 7 nitrogen and oxygen atoms in total. The highest BCUT2D eigenvalue weighted by Crippen LogP contribution is 2.44. The number of aromatic amines is 1. The summed E-state index contributed by atoms with van der Waals surface area (Å²) in [5, 5.41) is 5.59. The van der Waals surface area contributed by atoms with E-state index in [9.17, 15) is 14.0 Å². The average molecular weight is 617 g/mol. The molecule has 12 heteroatoms. The van der Waals surface area contributed by atoms with Crippen LogP contribution in [0.3, 0.4) is 0 Å². The Morgan fingerprint density at radius 2 is 1.70 bits per heavy atom. The number of thiazole rings is 1. The Balaban J connectivity index is 1.72. The van der Waals surface area contributed by atoms with Crippen molar-refractivity contribution < 1.29 is 4.39 Å². The van der Waals surface area contributed by atoms with E-state index in [1.165, 1.54) is 17.4 Å². The fourth-order valence-electron chi connectivity index (χ4n) is 4.35. The molecule has 5 rings (SSSR count). The van der Waals surface area contributed by atoms with Gasteiger partial charge in [0.1, 0.15) is 17.0 Å². The third-order valence-corrected chi connectivity index (χ3v) is 8.05. The van der Waals surface area contributed by atoms with Crippen LogP contribution in [0.25, 0.3) is 16.9 Å². The van der Waals surface area contributed by atoms with Gasteiger partial charge >= 0.3 is 5.69 Å². The molecule has 0 spiro atoms. The van der Waals surface area contributed by atoms with Gasteiger partial charge in [-0.1, -0.05) is 59.1 Å². The van der Waals surface area contributed by atoms with E-state index < -0.39 is 17.2 Å². The van der Waals surface area contributed by atoms with Crippen LogP contribution < -0.4 is 11.2 Å². The maximum Gasteiger partial charge on any atom is 0.349 e. The highest BCUT2D eigenvalue weighted by Gasteiger charge is 2.29. The zero-order valence-electron chi connectivity index (χ0n) is 21.2. The van der Waals surface area contributed by atoms with Gasteiger partial charge in [-0.2, -0.15) is 9.78 Å². The molecule has 5 aromatic rings. The van der Waals surface area contributed by atoms with Gasteiger partial charge < -0.3 is 4.90 Å². The lowest BCUT2D eigenvalue weighted by Crippen LogP contribution is -2.30. The molecule has 0 saturated heterocycles. The first kappa shape index (κ1) is 28.2. The Kier molecular flexibility index (Phi) is 8.21. The van der Waals surface area contributed by atoms with E-state index in [0.29, 0.717) is 33.4 Å². The highest BCUT2D eigenvalue weighted by molar-refractivity contribution is 7.12. The third-order valence-electron chi connectivity index (χ3n) is 6.06. The fraction of sp³-hybridized carbons (Fsp3) is 0.143. The Morgan fingerprint density at radius 3 is 2.33 bits per heavy atom. The molecule has 0 saturated carbocycles. The second kappa shape index (κ2) is 11.6. The maximum atomic E-state index is 14.9. The third kappa shape index (κ3) is 5.75. The molecule has 1 unspecified atom stereocenters. The number of hydrogen-bond donors (Lipinski definition) is 1. The van der Waals surface area contributed by atoms with Crippen LogP contribution in [-0.2, 0) is 6.54 Å². The summed E-state index contributed by atoms with van der Waals surface area (Å²) in [6, 6.07) is 16.8. The van der Waals surface area contributed by atoms with E-state index in [4.69, 9.17) is 39.8 Å². The Morgan fingerprint density at radius 1 is 1.02 bits per heavy atom. The summed E-state index contributed by atoms with van der Waals surface area (Å²) in [6.07, 6.45) is 0.986. The molecule has 0 aliphatic rings. The van der Waals surface area contributed by atoms with E-state index in [2.05, 4.69) is 10.1 Å². The number of halogens is 4. The molecular formula is C28H21Cl3FN5O2S. The summed E-state index contributed by atoms with van der Waals surface area (Å²) in [4.78, 5) is 33.8. The van der Waals surface area contributed by atoms with Crippen molar-refractivity contribution in [3.63, 3.8) is 0 Å². The van der Waals surface area contributed by atoms with Gasteiger partial charge in [-0.3, -0.25) is 9.78 Å². The van der Waals surface area contributed by atoms with Gasteiger partial charge in [-0.15, -0.1) is 11.3 Å². The molecule has 2 heterocycles. The Labute approximate surface area is 247 Å². The van der Waals surface area contributed by atoms with Crippen molar-refractivity contribution in [1.29, 1.82) is 0 Å². The number of aromatic nitrogens is 4. The van der Waals surface area contributed by atoms with E-state index >= 15 is 0 Å². The van der Waals surface area contributed by atoms with Crippen molar-refractivity contribution in [2.45, 2.75) is 12.5 Å². The zero-order valence-corrected chi connectivity index (χ0v) is 24.2. The van der Waals surface area contributed by atoms with E-state index in [1.807, 2.05) is 31.1 Å². The summed E-state index contributed by atoms with van der Waals surface area (Å²) >= 11 is 21.3. The second-order valence-electron chi connectivity index (χ2n) is 9.20. The molecule has 204 valence electrons. The van der Waals surface area contributed by atoms with E-state index in [-0.39, 0.29) is 21.5 Å². The Hall–Kier alpha value is -3.34. The molecule has 3 aromatic carbocycles. The number of H-pyrrole nitrogens is 1. The van der Waals surface area contributed by atoms with Crippen LogP contribution in [0, 0.1) is 5.82 Å². The zero-order chi connectivity index (χ0) is 28.6. The van der Waals surface area contributed by atoms with Crippen LogP contribution in [0.2, 0.25) is 15.1 Å². The van der Waals surface area contributed by atoms with Crippen molar-refractivity contribution in [1.82, 2.24) is 24.6 Å². The molecule has 1 N–H and O–H groups in total. The molecule has 0 amide bonds. The molecule has 1 atom stereocenters. The monoisotopic (exact) mass is 615 g/mol. The van der Waals surface area contributed by atoms with Gasteiger partial charge in [0, 0.05) is 37.6 Å². The van der Waals surface area contributed by atoms with Gasteiger partial charge in [0.2, 0.25) is 0 Å². The van der Waals surface area contributed by atoms with Crippen LogP contribution in [0.1, 0.15) is 26.9 Å². The predicted molar refractivity (Wildman–Crippen MR) is 158 cm³/mol. The first-order valence-corrected chi connectivity index (χ1v) is 13.9. The number of hydrogen-bond acceptors (Lipinski definition) is 6. The fourth-order valence-corrected chi connectivity index (χ4v) is 6.50. The minimum Gasteiger partial charge on any atom is -0.304 e. The first-order chi connectivity index (χ1) is 19.1. The SMILES string of the molecule is CN(C)Cc1sc(C(c2ccc(Cl)cc2)c2c(Cl)cc(-n3ncc(=O)[nH]c3=O)cc2Cl)nc1-c1ccccc1F. The first-order valence-electron chi connectivity index (χ1n) is 11.9. The lowest BCUT2D eigenvalue weighted by molar-refractivity contribution is 0.406. The molecule has 0 bridgehead atoms. The minimum absolute atomic E-state index is 0.249. The van der Waals surface area contributed by atoms with Gasteiger partial charge in [0.15, 0.2) is 0 Å². The topological polar surface area (TPSA) is 83.9 Å². The molecule has 2 aromatic heterocycles. The molecule has 0 aliphatic carbocycles. The van der Waals surface area contributed by atoms with E-state index in [1.54, 1.807) is 42.5 Å². The lowest BCUT2D eigenvalue weighted by Gasteiger charge is -2.20. The molecule has 0 radical (unpaired) electrons. The van der Waals surface area contributed by atoms with Crippen molar-refractivity contribution in [3.05, 3.63) is 130 Å². The van der Waals surface area contributed by atoms with Crippen LogP contribution in [0.15, 0.2) is 76.4 Å². The van der Waals surface area contributed by atoms with Gasteiger partial charge in [-0.05, 0) is 56.1 Å². The standard InChI is InChI=1S/C28H21Cl3FN5O2S/c1-36(2)14-22-26(18-5-3-4-6-21(18)32)35-27(40-22)24(15-7-9-16(29)10-8-15)25-19(30)11-17(12-20(25)31)37-28(39)34-23(38)13-33-37/h3-13,24H,14H2,1-2H3,(H,34,38,39). The van der Waals surface area contributed by atoms with Crippen molar-refractivity contribution in [2.24, 2.45) is 0 Å². The van der Waals surface area contributed by atoms with Gasteiger partial charge in [0.05, 0.1) is 17.3 Å². The maximum absolute atomic E-state index is 14.9. The average Bonchev–Trinajstić information content (AvgIpc) is 3.29. The molecular weight excluding hydrogens is 596 g/mol. The van der Waals surface area contributed by atoms with Gasteiger partial charge in [-0.25, -0.2) is 14.2 Å². The highest BCUT2D eigenvalue weighted by atomic mass is 35.5. The van der Waals surface area contributed by atoms with Gasteiger partial charge in [0.25, 0.3) is 5.56 Å². The van der Waals surface area contributed by atoms with Crippen LogP contribution >= 0.6 is 46.1 Å². The number of nitrogens with zero attached hydrogens (tertiary/aromatic N) is 4. The van der Waals surface area contributed by atoms with Crippen LogP contribution in [-0.4, -0.2) is 38.7 Å². The number of benzene rings is 3. The summed E-state index contributed by atoms with van der Waals surface area (Å²) in [5.41, 5.74) is 1.20. The number of nitrogens with one attached hydrogen (secondary N) is 1. The summed E-state index contributed by atoms with van der Waals surface area (Å²) in [7, 11) is 3.86. The minimum atomic E-state index is -0.732. The summed E-state index contributed by atoms with van der Waals surface area (Å²) in [5.74, 6) is -0.917. The van der Waals surface area contributed by atoms with E-state index in [0.717, 1.165) is 21.3 Å². The van der Waals surface area contributed by atoms with Crippen molar-refractivity contribution in [3.8, 4) is 16.9 Å². The summed E-state index contributed by atoms with van der Waals surface area (Å²) in [6.45, 7) is 0.538. The summed E-state index contributed by atoms with van der Waals surface area (Å²) < 4.78 is 15.9.